The first-order valence-corrected chi connectivity index (χ1v) is 8.47. The minimum Gasteiger partial charge on any atom is -0.457 e. The zero-order chi connectivity index (χ0) is 14.0. The zero-order valence-electron chi connectivity index (χ0n) is 12.4. The van der Waals surface area contributed by atoms with E-state index >= 15 is 0 Å². The van der Waals surface area contributed by atoms with E-state index in [1.165, 1.54) is 51.4 Å². The topological polar surface area (TPSA) is 46.5 Å². The molecule has 20 heavy (non-hydrogen) atoms. The highest BCUT2D eigenvalue weighted by Crippen LogP contribution is 2.67. The van der Waals surface area contributed by atoms with E-state index in [4.69, 9.17) is 4.74 Å². The second kappa shape index (κ2) is 4.22. The van der Waals surface area contributed by atoms with Crippen molar-refractivity contribution in [3.05, 3.63) is 0 Å². The maximum atomic E-state index is 11.8. The highest BCUT2D eigenvalue weighted by molar-refractivity contribution is 5.77. The van der Waals surface area contributed by atoms with Gasteiger partial charge in [-0.25, -0.2) is 4.79 Å². The van der Waals surface area contributed by atoms with Gasteiger partial charge in [-0.05, 0) is 43.9 Å². The molecule has 4 aliphatic rings. The number of carbonyl (C=O) groups excluding carboxylic acids is 1. The lowest BCUT2D eigenvalue weighted by atomic mass is 9.52. The molecule has 0 bridgehead atoms. The quantitative estimate of drug-likeness (QED) is 0.750. The molecule has 1 heterocycles. The number of aliphatic hydroxyl groups excluding tert-OH is 1. The van der Waals surface area contributed by atoms with Crippen LogP contribution in [0.3, 0.4) is 0 Å². The lowest BCUT2D eigenvalue weighted by Gasteiger charge is -2.54. The van der Waals surface area contributed by atoms with Crippen molar-refractivity contribution in [1.82, 2.24) is 0 Å². The molecule has 112 valence electrons. The van der Waals surface area contributed by atoms with Crippen LogP contribution in [0.2, 0.25) is 0 Å². The summed E-state index contributed by atoms with van der Waals surface area (Å²) in [7, 11) is 0. The number of ether oxygens (including phenoxy) is 1. The molecule has 0 aromatic heterocycles. The number of cyclic esters (lactones) is 1. The number of carbonyl (C=O) groups is 1. The molecule has 0 amide bonds. The first-order valence-electron chi connectivity index (χ1n) is 8.47. The Hall–Kier alpha value is -0.570. The van der Waals surface area contributed by atoms with Gasteiger partial charge in [-0.15, -0.1) is 0 Å². The summed E-state index contributed by atoms with van der Waals surface area (Å²) in [5.41, 5.74) is -0.257. The van der Waals surface area contributed by atoms with Gasteiger partial charge in [0.05, 0.1) is 0 Å². The molecule has 3 aliphatic carbocycles. The Morgan fingerprint density at radius 3 is 2.50 bits per heavy atom. The van der Waals surface area contributed by atoms with Crippen LogP contribution in [-0.2, 0) is 9.53 Å². The molecule has 1 aliphatic heterocycles. The number of hydrogen-bond donors (Lipinski definition) is 1. The maximum absolute atomic E-state index is 11.8. The van der Waals surface area contributed by atoms with Gasteiger partial charge in [0, 0.05) is 11.8 Å². The minimum atomic E-state index is -0.891. The van der Waals surface area contributed by atoms with Gasteiger partial charge in [0.2, 0.25) is 0 Å². The van der Waals surface area contributed by atoms with Crippen molar-refractivity contribution in [2.75, 3.05) is 0 Å². The van der Waals surface area contributed by atoms with Crippen LogP contribution in [0.25, 0.3) is 0 Å². The molecule has 0 radical (unpaired) electrons. The summed E-state index contributed by atoms with van der Waals surface area (Å²) in [6, 6.07) is 0. The van der Waals surface area contributed by atoms with Crippen LogP contribution in [0, 0.1) is 23.2 Å². The molecule has 6 unspecified atom stereocenters. The Kier molecular flexibility index (Phi) is 2.77. The molecule has 4 fully saturated rings. The summed E-state index contributed by atoms with van der Waals surface area (Å²) < 4.78 is 5.78. The van der Waals surface area contributed by atoms with Gasteiger partial charge in [-0.2, -0.15) is 0 Å². The van der Waals surface area contributed by atoms with Crippen LogP contribution >= 0.6 is 0 Å². The number of esters is 1. The first kappa shape index (κ1) is 13.1. The number of aliphatic hydroxyl groups is 1. The van der Waals surface area contributed by atoms with E-state index in [1.807, 2.05) is 0 Å². The van der Waals surface area contributed by atoms with Crippen molar-refractivity contribution in [2.24, 2.45) is 23.2 Å². The molecule has 4 rings (SSSR count). The normalized spacial score (nSPS) is 54.6. The molecule has 3 nitrogen and oxygen atoms in total. The van der Waals surface area contributed by atoms with Gasteiger partial charge < -0.3 is 9.84 Å². The molecule has 0 aromatic rings. The van der Waals surface area contributed by atoms with Gasteiger partial charge in [0.1, 0.15) is 5.60 Å². The summed E-state index contributed by atoms with van der Waals surface area (Å²) in [5, 5.41) is 9.91. The van der Waals surface area contributed by atoms with Crippen LogP contribution in [0.4, 0.5) is 0 Å². The van der Waals surface area contributed by atoms with E-state index in [2.05, 4.69) is 6.92 Å². The molecule has 3 saturated carbocycles. The Morgan fingerprint density at radius 2 is 1.80 bits per heavy atom. The molecule has 1 N–H and O–H groups in total. The second-order valence-electron chi connectivity index (χ2n) is 7.94. The van der Waals surface area contributed by atoms with E-state index in [1.54, 1.807) is 0 Å². The molecule has 0 aromatic carbocycles. The van der Waals surface area contributed by atoms with Gasteiger partial charge in [0.25, 0.3) is 0 Å². The average molecular weight is 278 g/mol. The van der Waals surface area contributed by atoms with Crippen molar-refractivity contribution in [2.45, 2.75) is 76.4 Å². The molecular formula is C17H26O3. The maximum Gasteiger partial charge on any atom is 0.335 e. The van der Waals surface area contributed by atoms with E-state index in [-0.39, 0.29) is 11.4 Å². The monoisotopic (exact) mass is 278 g/mol. The van der Waals surface area contributed by atoms with E-state index in [0.29, 0.717) is 6.42 Å². The molecule has 3 heteroatoms. The van der Waals surface area contributed by atoms with Gasteiger partial charge in [0.15, 0.2) is 6.10 Å². The summed E-state index contributed by atoms with van der Waals surface area (Å²) in [6.07, 6.45) is 10.1. The average Bonchev–Trinajstić information content (AvgIpc) is 2.93. The third-order valence-corrected chi connectivity index (χ3v) is 7.20. The van der Waals surface area contributed by atoms with Crippen LogP contribution < -0.4 is 0 Å². The molecule has 6 atom stereocenters. The van der Waals surface area contributed by atoms with E-state index in [0.717, 1.165) is 17.8 Å². The second-order valence-corrected chi connectivity index (χ2v) is 7.94. The summed E-state index contributed by atoms with van der Waals surface area (Å²) in [4.78, 5) is 11.8. The van der Waals surface area contributed by atoms with Crippen LogP contribution in [-0.4, -0.2) is 22.8 Å². The highest BCUT2D eigenvalue weighted by Gasteiger charge is 2.65. The van der Waals surface area contributed by atoms with Crippen molar-refractivity contribution >= 4 is 5.97 Å². The van der Waals surface area contributed by atoms with Gasteiger partial charge >= 0.3 is 5.97 Å². The highest BCUT2D eigenvalue weighted by atomic mass is 16.6. The lowest BCUT2D eigenvalue weighted by Crippen LogP contribution is -2.54. The smallest absolute Gasteiger partial charge is 0.335 e. The number of rotatable bonds is 1. The summed E-state index contributed by atoms with van der Waals surface area (Å²) in [5.74, 6) is 2.05. The van der Waals surface area contributed by atoms with Crippen LogP contribution in [0.15, 0.2) is 0 Å². The fraction of sp³-hybridized carbons (Fsp3) is 0.941. The Labute approximate surface area is 121 Å². The lowest BCUT2D eigenvalue weighted by molar-refractivity contribution is -0.174. The predicted molar refractivity (Wildman–Crippen MR) is 75.0 cm³/mol. The van der Waals surface area contributed by atoms with E-state index < -0.39 is 11.7 Å². The van der Waals surface area contributed by atoms with Crippen molar-refractivity contribution in [1.29, 1.82) is 0 Å². The fourth-order valence-electron chi connectivity index (χ4n) is 6.49. The fourth-order valence-corrected chi connectivity index (χ4v) is 6.49. The van der Waals surface area contributed by atoms with Gasteiger partial charge in [-0.1, -0.05) is 32.1 Å². The van der Waals surface area contributed by atoms with Gasteiger partial charge in [-0.3, -0.25) is 0 Å². The van der Waals surface area contributed by atoms with Crippen LogP contribution in [0.1, 0.15) is 64.7 Å². The molecule has 0 spiro atoms. The summed E-state index contributed by atoms with van der Waals surface area (Å²) >= 11 is 0. The van der Waals surface area contributed by atoms with Crippen molar-refractivity contribution < 1.29 is 14.6 Å². The standard InChI is InChI=1S/C17H26O3/c1-16(10-13(18)15(19)20-16)17-8-3-6-11-4-2-5-12(7-9-17)14(11)17/h11-14,18H,2-10H2,1H3. The number of hydrogen-bond acceptors (Lipinski definition) is 3. The van der Waals surface area contributed by atoms with Crippen molar-refractivity contribution in [3.8, 4) is 0 Å². The molecule has 1 saturated heterocycles. The Balaban J connectivity index is 1.73. The Morgan fingerprint density at radius 1 is 1.10 bits per heavy atom. The minimum absolute atomic E-state index is 0.161. The largest absolute Gasteiger partial charge is 0.457 e. The third kappa shape index (κ3) is 1.53. The Bertz CT molecular complexity index is 432. The van der Waals surface area contributed by atoms with Crippen molar-refractivity contribution in [3.63, 3.8) is 0 Å². The summed E-state index contributed by atoms with van der Waals surface area (Å²) in [6.45, 7) is 2.11. The SMILES string of the molecule is CC1(C23CCCC4CCCC(CC2)C43)CC(O)C(=O)O1. The zero-order valence-corrected chi connectivity index (χ0v) is 12.4. The predicted octanol–water partition coefficient (Wildman–Crippen LogP) is 3.05. The van der Waals surface area contributed by atoms with E-state index in [9.17, 15) is 9.90 Å². The van der Waals surface area contributed by atoms with Crippen LogP contribution in [0.5, 0.6) is 0 Å². The first-order chi connectivity index (χ1) is 9.56. The molecular weight excluding hydrogens is 252 g/mol. The third-order valence-electron chi connectivity index (χ3n) is 7.20.